The van der Waals surface area contributed by atoms with E-state index in [0.29, 0.717) is 28.3 Å². The quantitative estimate of drug-likeness (QED) is 0.798. The normalized spacial score (nSPS) is 26.1. The highest BCUT2D eigenvalue weighted by Crippen LogP contribution is 2.29. The monoisotopic (exact) mass is 294 g/mol. The second-order valence-electron chi connectivity index (χ2n) is 5.94. The van der Waals surface area contributed by atoms with Gasteiger partial charge in [-0.25, -0.2) is 4.39 Å². The summed E-state index contributed by atoms with van der Waals surface area (Å²) in [5, 5.41) is 7.04. The summed E-state index contributed by atoms with van der Waals surface area (Å²) in [6.07, 6.45) is 3.68. The van der Waals surface area contributed by atoms with E-state index in [9.17, 15) is 4.39 Å². The second kappa shape index (κ2) is 6.53. The first-order valence-electron chi connectivity index (χ1n) is 7.31. The van der Waals surface area contributed by atoms with Gasteiger partial charge in [-0.05, 0) is 55.1 Å². The maximum atomic E-state index is 13.5. The average Bonchev–Trinajstić information content (AvgIpc) is 2.39. The van der Waals surface area contributed by atoms with Gasteiger partial charge in [-0.2, -0.15) is 0 Å². The number of benzene rings is 1. The molecule has 1 aromatic carbocycles. The van der Waals surface area contributed by atoms with Crippen molar-refractivity contribution < 1.29 is 4.39 Å². The van der Waals surface area contributed by atoms with Crippen molar-refractivity contribution >= 4 is 23.0 Å². The van der Waals surface area contributed by atoms with Crippen LogP contribution < -0.4 is 10.6 Å². The fraction of sp³-hybridized carbons (Fsp3) is 0.562. The Morgan fingerprint density at radius 2 is 2.05 bits per heavy atom. The van der Waals surface area contributed by atoms with Crippen LogP contribution in [0.25, 0.3) is 0 Å². The SMILES string of the molecule is Cc1ccc(NC(=S)N[C@@H]2CCC[C@@H](C)[C@H]2C)cc1F. The number of hydrogen-bond donors (Lipinski definition) is 2. The van der Waals surface area contributed by atoms with E-state index < -0.39 is 0 Å². The van der Waals surface area contributed by atoms with E-state index in [4.69, 9.17) is 12.2 Å². The summed E-state index contributed by atoms with van der Waals surface area (Å²) in [4.78, 5) is 0. The molecule has 1 aliphatic carbocycles. The molecular formula is C16H23FN2S. The summed E-state index contributed by atoms with van der Waals surface area (Å²) in [5.41, 5.74) is 1.34. The lowest BCUT2D eigenvalue weighted by Crippen LogP contribution is -2.45. The van der Waals surface area contributed by atoms with Gasteiger partial charge in [-0.3, -0.25) is 0 Å². The molecule has 0 spiro atoms. The Labute approximate surface area is 126 Å². The molecule has 0 unspecified atom stereocenters. The van der Waals surface area contributed by atoms with Crippen LogP contribution in [-0.4, -0.2) is 11.2 Å². The minimum Gasteiger partial charge on any atom is -0.359 e. The van der Waals surface area contributed by atoms with Crippen molar-refractivity contribution in [2.24, 2.45) is 11.8 Å². The van der Waals surface area contributed by atoms with Gasteiger partial charge in [0.15, 0.2) is 5.11 Å². The molecule has 0 saturated heterocycles. The molecule has 1 saturated carbocycles. The molecule has 0 amide bonds. The third-order valence-electron chi connectivity index (χ3n) is 4.45. The maximum absolute atomic E-state index is 13.5. The van der Waals surface area contributed by atoms with Gasteiger partial charge in [-0.15, -0.1) is 0 Å². The first-order valence-corrected chi connectivity index (χ1v) is 7.72. The lowest BCUT2D eigenvalue weighted by Gasteiger charge is -2.35. The Hall–Kier alpha value is -1.16. The van der Waals surface area contributed by atoms with Gasteiger partial charge >= 0.3 is 0 Å². The number of nitrogens with one attached hydrogen (secondary N) is 2. The van der Waals surface area contributed by atoms with Gasteiger partial charge in [0.25, 0.3) is 0 Å². The highest BCUT2D eigenvalue weighted by molar-refractivity contribution is 7.80. The van der Waals surface area contributed by atoms with Crippen molar-refractivity contribution in [3.8, 4) is 0 Å². The predicted octanol–water partition coefficient (Wildman–Crippen LogP) is 4.25. The van der Waals surface area contributed by atoms with Crippen LogP contribution in [0.4, 0.5) is 10.1 Å². The van der Waals surface area contributed by atoms with Crippen molar-refractivity contribution in [2.45, 2.75) is 46.1 Å². The van der Waals surface area contributed by atoms with E-state index in [-0.39, 0.29) is 5.82 Å². The van der Waals surface area contributed by atoms with Crippen molar-refractivity contribution in [1.29, 1.82) is 0 Å². The highest BCUT2D eigenvalue weighted by Gasteiger charge is 2.27. The molecule has 2 rings (SSSR count). The molecule has 0 aromatic heterocycles. The van der Waals surface area contributed by atoms with E-state index in [2.05, 4.69) is 24.5 Å². The largest absolute Gasteiger partial charge is 0.359 e. The highest BCUT2D eigenvalue weighted by atomic mass is 32.1. The Balaban J connectivity index is 1.93. The molecular weight excluding hydrogens is 271 g/mol. The van der Waals surface area contributed by atoms with Crippen molar-refractivity contribution in [2.75, 3.05) is 5.32 Å². The first kappa shape index (κ1) is 15.2. The average molecular weight is 294 g/mol. The van der Waals surface area contributed by atoms with Crippen LogP contribution in [0, 0.1) is 24.6 Å². The zero-order chi connectivity index (χ0) is 14.7. The topological polar surface area (TPSA) is 24.1 Å². The zero-order valence-corrected chi connectivity index (χ0v) is 13.2. The molecule has 2 N–H and O–H groups in total. The van der Waals surface area contributed by atoms with E-state index in [1.54, 1.807) is 13.0 Å². The van der Waals surface area contributed by atoms with E-state index >= 15 is 0 Å². The summed E-state index contributed by atoms with van der Waals surface area (Å²) in [6.45, 7) is 6.32. The van der Waals surface area contributed by atoms with Gasteiger partial charge < -0.3 is 10.6 Å². The van der Waals surface area contributed by atoms with Crippen LogP contribution >= 0.6 is 12.2 Å². The van der Waals surface area contributed by atoms with Crippen molar-refractivity contribution in [3.05, 3.63) is 29.6 Å². The molecule has 1 aliphatic rings. The van der Waals surface area contributed by atoms with E-state index in [1.165, 1.54) is 18.9 Å². The Morgan fingerprint density at radius 1 is 1.30 bits per heavy atom. The zero-order valence-electron chi connectivity index (χ0n) is 12.4. The number of aryl methyl sites for hydroxylation is 1. The van der Waals surface area contributed by atoms with Gasteiger partial charge in [0, 0.05) is 11.7 Å². The van der Waals surface area contributed by atoms with Crippen molar-refractivity contribution in [1.82, 2.24) is 5.32 Å². The smallest absolute Gasteiger partial charge is 0.171 e. The van der Waals surface area contributed by atoms with E-state index in [0.717, 1.165) is 12.3 Å². The summed E-state index contributed by atoms with van der Waals surface area (Å²) in [6, 6.07) is 5.50. The minimum absolute atomic E-state index is 0.211. The van der Waals surface area contributed by atoms with Gasteiger partial charge in [0.1, 0.15) is 5.82 Å². The first-order chi connectivity index (χ1) is 9.47. The number of thiocarbonyl (C=S) groups is 1. The lowest BCUT2D eigenvalue weighted by molar-refractivity contribution is 0.225. The lowest BCUT2D eigenvalue weighted by atomic mass is 9.78. The molecule has 0 aliphatic heterocycles. The van der Waals surface area contributed by atoms with E-state index in [1.807, 2.05) is 6.07 Å². The maximum Gasteiger partial charge on any atom is 0.171 e. The van der Waals surface area contributed by atoms with Crippen LogP contribution in [0.3, 0.4) is 0 Å². The van der Waals surface area contributed by atoms with Gasteiger partial charge in [0.2, 0.25) is 0 Å². The van der Waals surface area contributed by atoms with Crippen LogP contribution in [0.5, 0.6) is 0 Å². The molecule has 1 fully saturated rings. The number of halogens is 1. The summed E-state index contributed by atoms with van der Waals surface area (Å²) >= 11 is 5.34. The fourth-order valence-corrected chi connectivity index (χ4v) is 3.06. The third kappa shape index (κ3) is 3.69. The molecule has 3 atom stereocenters. The standard InChI is InChI=1S/C16H23FN2S/c1-10-5-4-6-15(12(10)3)19-16(20)18-13-8-7-11(2)14(17)9-13/h7-10,12,15H,4-6H2,1-3H3,(H2,18,19,20)/t10-,12-,15-/m1/s1. The summed E-state index contributed by atoms with van der Waals surface area (Å²) < 4.78 is 13.5. The fourth-order valence-electron chi connectivity index (χ4n) is 2.79. The van der Waals surface area contributed by atoms with Crippen LogP contribution in [0.15, 0.2) is 18.2 Å². The number of anilines is 1. The molecule has 0 radical (unpaired) electrons. The third-order valence-corrected chi connectivity index (χ3v) is 4.67. The minimum atomic E-state index is -0.211. The molecule has 20 heavy (non-hydrogen) atoms. The van der Waals surface area contributed by atoms with Gasteiger partial charge in [0.05, 0.1) is 0 Å². The molecule has 2 nitrogen and oxygen atoms in total. The van der Waals surface area contributed by atoms with Crippen LogP contribution in [-0.2, 0) is 0 Å². The van der Waals surface area contributed by atoms with Crippen molar-refractivity contribution in [3.63, 3.8) is 0 Å². The Bertz CT molecular complexity index is 489. The number of hydrogen-bond acceptors (Lipinski definition) is 1. The molecule has 0 bridgehead atoms. The second-order valence-corrected chi connectivity index (χ2v) is 6.34. The summed E-state index contributed by atoms with van der Waals surface area (Å²) in [5.74, 6) is 1.12. The van der Waals surface area contributed by atoms with Crippen LogP contribution in [0.2, 0.25) is 0 Å². The number of rotatable bonds is 2. The molecule has 4 heteroatoms. The molecule has 1 aromatic rings. The molecule has 0 heterocycles. The summed E-state index contributed by atoms with van der Waals surface area (Å²) in [7, 11) is 0. The molecule has 110 valence electrons. The Kier molecular flexibility index (Phi) is 4.97. The van der Waals surface area contributed by atoms with Crippen LogP contribution in [0.1, 0.15) is 38.7 Å². The Morgan fingerprint density at radius 3 is 2.75 bits per heavy atom. The van der Waals surface area contributed by atoms with Gasteiger partial charge in [-0.1, -0.05) is 32.8 Å². The predicted molar refractivity (Wildman–Crippen MR) is 86.5 cm³/mol.